The van der Waals surface area contributed by atoms with Gasteiger partial charge in [0, 0.05) is 24.3 Å². The van der Waals surface area contributed by atoms with E-state index >= 15 is 0 Å². The average Bonchev–Trinajstić information content (AvgIpc) is 2.77. The second-order valence-electron chi connectivity index (χ2n) is 4.57. The predicted molar refractivity (Wildman–Crippen MR) is 60.6 cm³/mol. The number of hydrogen-bond acceptors (Lipinski definition) is 3. The second-order valence-corrected chi connectivity index (χ2v) is 4.57. The molecule has 84 valence electrons. The Morgan fingerprint density at radius 3 is 3.13 bits per heavy atom. The van der Waals surface area contributed by atoms with E-state index in [9.17, 15) is 0 Å². The van der Waals surface area contributed by atoms with Crippen LogP contribution in [0.2, 0.25) is 0 Å². The van der Waals surface area contributed by atoms with Crippen LogP contribution in [0.5, 0.6) is 0 Å². The Hall–Kier alpha value is -0.870. The number of aryl methyl sites for hydroxylation is 1. The van der Waals surface area contributed by atoms with E-state index in [1.807, 2.05) is 6.20 Å². The zero-order chi connectivity index (χ0) is 10.7. The summed E-state index contributed by atoms with van der Waals surface area (Å²) in [5.41, 5.74) is 2.45. The molecule has 1 aliphatic rings. The molecule has 2 N–H and O–H groups in total. The number of likely N-dealkylation sites (tertiary alicyclic amines) is 1. The van der Waals surface area contributed by atoms with Gasteiger partial charge in [0.05, 0.1) is 6.20 Å². The Labute approximate surface area is 91.1 Å². The lowest BCUT2D eigenvalue weighted by Crippen LogP contribution is -2.24. The average molecular weight is 208 g/mol. The first-order valence-corrected chi connectivity index (χ1v) is 5.64. The molecule has 1 aliphatic heterocycles. The van der Waals surface area contributed by atoms with Gasteiger partial charge >= 0.3 is 0 Å². The molecule has 4 nitrogen and oxygen atoms in total. The molecule has 0 amide bonds. The summed E-state index contributed by atoms with van der Waals surface area (Å²) < 4.78 is 0. The maximum Gasteiger partial charge on any atom is 0.0535 e. The fourth-order valence-electron chi connectivity index (χ4n) is 2.16. The van der Waals surface area contributed by atoms with E-state index in [2.05, 4.69) is 34.4 Å². The van der Waals surface area contributed by atoms with Gasteiger partial charge in [-0.1, -0.05) is 0 Å². The first-order chi connectivity index (χ1) is 7.25. The summed E-state index contributed by atoms with van der Waals surface area (Å²) in [7, 11) is 2.19. The molecule has 1 unspecified atom stereocenters. The molecular weight excluding hydrogens is 188 g/mol. The van der Waals surface area contributed by atoms with E-state index in [4.69, 9.17) is 0 Å². The van der Waals surface area contributed by atoms with Gasteiger partial charge in [0.2, 0.25) is 0 Å². The standard InChI is InChI=1S/C11H20N4/c1-9-11(7-13-14-9)6-12-5-10-3-4-15(2)8-10/h7,10,12H,3-6,8H2,1-2H3,(H,13,14). The Morgan fingerprint density at radius 1 is 1.67 bits per heavy atom. The molecule has 0 radical (unpaired) electrons. The van der Waals surface area contributed by atoms with Gasteiger partial charge in [0.1, 0.15) is 0 Å². The number of hydrogen-bond donors (Lipinski definition) is 2. The Morgan fingerprint density at radius 2 is 2.53 bits per heavy atom. The molecular formula is C11H20N4. The van der Waals surface area contributed by atoms with E-state index in [0.717, 1.165) is 19.0 Å². The van der Waals surface area contributed by atoms with Crippen molar-refractivity contribution in [2.45, 2.75) is 19.9 Å². The predicted octanol–water partition coefficient (Wildman–Crippen LogP) is 0.759. The first kappa shape index (κ1) is 10.6. The first-order valence-electron chi connectivity index (χ1n) is 5.64. The quantitative estimate of drug-likeness (QED) is 0.768. The molecule has 4 heteroatoms. The monoisotopic (exact) mass is 208 g/mol. The van der Waals surface area contributed by atoms with Crippen LogP contribution in [0.4, 0.5) is 0 Å². The minimum atomic E-state index is 0.821. The third-order valence-corrected chi connectivity index (χ3v) is 3.17. The van der Waals surface area contributed by atoms with Gasteiger partial charge in [-0.15, -0.1) is 0 Å². The van der Waals surface area contributed by atoms with Crippen molar-refractivity contribution in [2.24, 2.45) is 5.92 Å². The maximum absolute atomic E-state index is 4.01. The number of nitrogens with one attached hydrogen (secondary N) is 2. The lowest BCUT2D eigenvalue weighted by atomic mass is 10.1. The molecule has 0 saturated carbocycles. The Balaban J connectivity index is 1.69. The SMILES string of the molecule is Cc1[nH]ncc1CNCC1CCN(C)C1. The Bertz CT molecular complexity index is 307. The van der Waals surface area contributed by atoms with Gasteiger partial charge < -0.3 is 10.2 Å². The van der Waals surface area contributed by atoms with Crippen LogP contribution in [0.1, 0.15) is 17.7 Å². The summed E-state index contributed by atoms with van der Waals surface area (Å²) in [6, 6.07) is 0. The van der Waals surface area contributed by atoms with Gasteiger partial charge in [-0.2, -0.15) is 5.10 Å². The van der Waals surface area contributed by atoms with Gasteiger partial charge in [-0.25, -0.2) is 0 Å². The van der Waals surface area contributed by atoms with E-state index in [0.29, 0.717) is 0 Å². The highest BCUT2D eigenvalue weighted by Gasteiger charge is 2.18. The van der Waals surface area contributed by atoms with Crippen molar-refractivity contribution in [3.05, 3.63) is 17.5 Å². The van der Waals surface area contributed by atoms with Crippen molar-refractivity contribution in [1.82, 2.24) is 20.4 Å². The lowest BCUT2D eigenvalue weighted by Gasteiger charge is -2.11. The molecule has 1 aromatic rings. The summed E-state index contributed by atoms with van der Waals surface area (Å²) in [5.74, 6) is 0.821. The molecule has 1 aromatic heterocycles. The van der Waals surface area contributed by atoms with Crippen LogP contribution in [0, 0.1) is 12.8 Å². The highest BCUT2D eigenvalue weighted by molar-refractivity contribution is 5.13. The van der Waals surface area contributed by atoms with Gasteiger partial charge in [-0.05, 0) is 39.4 Å². The van der Waals surface area contributed by atoms with Crippen molar-refractivity contribution in [3.63, 3.8) is 0 Å². The minimum Gasteiger partial charge on any atom is -0.312 e. The van der Waals surface area contributed by atoms with Crippen molar-refractivity contribution in [1.29, 1.82) is 0 Å². The fraction of sp³-hybridized carbons (Fsp3) is 0.727. The minimum absolute atomic E-state index is 0.821. The van der Waals surface area contributed by atoms with Gasteiger partial charge in [0.15, 0.2) is 0 Å². The molecule has 0 aliphatic carbocycles. The summed E-state index contributed by atoms with van der Waals surface area (Å²) in [6.45, 7) is 6.60. The molecule has 1 fully saturated rings. The smallest absolute Gasteiger partial charge is 0.0535 e. The van der Waals surface area contributed by atoms with Crippen LogP contribution in [0.3, 0.4) is 0 Å². The van der Waals surface area contributed by atoms with Crippen molar-refractivity contribution in [2.75, 3.05) is 26.7 Å². The van der Waals surface area contributed by atoms with Gasteiger partial charge in [0.25, 0.3) is 0 Å². The van der Waals surface area contributed by atoms with Crippen LogP contribution >= 0.6 is 0 Å². The third kappa shape index (κ3) is 2.79. The fourth-order valence-corrected chi connectivity index (χ4v) is 2.16. The molecule has 1 saturated heterocycles. The maximum atomic E-state index is 4.01. The topological polar surface area (TPSA) is 44.0 Å². The molecule has 2 rings (SSSR count). The van der Waals surface area contributed by atoms with Crippen LogP contribution in [-0.2, 0) is 6.54 Å². The normalized spacial score (nSPS) is 22.4. The molecule has 15 heavy (non-hydrogen) atoms. The molecule has 0 aromatic carbocycles. The number of H-pyrrole nitrogens is 1. The highest BCUT2D eigenvalue weighted by Crippen LogP contribution is 2.13. The number of nitrogens with zero attached hydrogens (tertiary/aromatic N) is 2. The Kier molecular flexibility index (Phi) is 3.38. The number of aromatic amines is 1. The van der Waals surface area contributed by atoms with E-state index in [1.165, 1.54) is 30.8 Å². The summed E-state index contributed by atoms with van der Waals surface area (Å²) >= 11 is 0. The largest absolute Gasteiger partial charge is 0.312 e. The third-order valence-electron chi connectivity index (χ3n) is 3.17. The highest BCUT2D eigenvalue weighted by atomic mass is 15.1. The summed E-state index contributed by atoms with van der Waals surface area (Å²) in [6.07, 6.45) is 3.23. The van der Waals surface area contributed by atoms with Crippen molar-refractivity contribution in [3.8, 4) is 0 Å². The van der Waals surface area contributed by atoms with Crippen LogP contribution in [0.25, 0.3) is 0 Å². The number of aromatic nitrogens is 2. The van der Waals surface area contributed by atoms with Crippen molar-refractivity contribution < 1.29 is 0 Å². The summed E-state index contributed by atoms with van der Waals surface area (Å²) in [4.78, 5) is 2.40. The zero-order valence-electron chi connectivity index (χ0n) is 9.58. The van der Waals surface area contributed by atoms with E-state index in [-0.39, 0.29) is 0 Å². The summed E-state index contributed by atoms with van der Waals surface area (Å²) in [5, 5.41) is 10.5. The second kappa shape index (κ2) is 4.77. The van der Waals surface area contributed by atoms with Crippen LogP contribution in [-0.4, -0.2) is 41.8 Å². The number of rotatable bonds is 4. The van der Waals surface area contributed by atoms with Crippen LogP contribution < -0.4 is 5.32 Å². The molecule has 1 atom stereocenters. The van der Waals surface area contributed by atoms with Gasteiger partial charge in [-0.3, -0.25) is 5.10 Å². The molecule has 2 heterocycles. The molecule has 0 spiro atoms. The van der Waals surface area contributed by atoms with Crippen LogP contribution in [0.15, 0.2) is 6.20 Å². The van der Waals surface area contributed by atoms with E-state index in [1.54, 1.807) is 0 Å². The van der Waals surface area contributed by atoms with Crippen molar-refractivity contribution >= 4 is 0 Å². The molecule has 0 bridgehead atoms. The zero-order valence-corrected chi connectivity index (χ0v) is 9.58. The van der Waals surface area contributed by atoms with E-state index < -0.39 is 0 Å². The lowest BCUT2D eigenvalue weighted by molar-refractivity contribution is 0.388.